The fourth-order valence-electron chi connectivity index (χ4n) is 8.26. The summed E-state index contributed by atoms with van der Waals surface area (Å²) in [5.74, 6) is 0.623. The van der Waals surface area contributed by atoms with E-state index >= 15 is 0 Å². The van der Waals surface area contributed by atoms with E-state index in [-0.39, 0.29) is 0 Å². The predicted octanol–water partition coefficient (Wildman–Crippen LogP) is 14.0. The minimum Gasteiger partial charge on any atom is -0.435 e. The number of rotatable bonds is 6. The molecule has 0 N–H and O–H groups in total. The Morgan fingerprint density at radius 3 is 1.95 bits per heavy atom. The van der Waals surface area contributed by atoms with Crippen LogP contribution in [0.25, 0.3) is 82.7 Å². The number of oxazole rings is 1. The first-order chi connectivity index (χ1) is 27.3. The second-order valence-electron chi connectivity index (χ2n) is 14.0. The zero-order valence-electron chi connectivity index (χ0n) is 29.8. The van der Waals surface area contributed by atoms with E-state index in [1.807, 2.05) is 36.4 Å². The molecule has 0 atom stereocenters. The van der Waals surface area contributed by atoms with Gasteiger partial charge in [0.15, 0.2) is 5.58 Å². The molecule has 258 valence electrons. The van der Waals surface area contributed by atoms with Gasteiger partial charge in [-0.3, -0.25) is 0 Å². The summed E-state index contributed by atoms with van der Waals surface area (Å²) in [5, 5.41) is 7.29. The van der Waals surface area contributed by atoms with Gasteiger partial charge in [-0.05, 0) is 88.5 Å². The number of hydrogen-bond acceptors (Lipinski definition) is 3. The normalized spacial score (nSPS) is 11.6. The van der Waals surface area contributed by atoms with Crippen molar-refractivity contribution in [1.29, 1.82) is 0 Å². The Balaban J connectivity index is 1.14. The maximum absolute atomic E-state index is 6.43. The molecule has 11 aromatic rings. The van der Waals surface area contributed by atoms with Crippen molar-refractivity contribution in [2.24, 2.45) is 0 Å². The van der Waals surface area contributed by atoms with Crippen LogP contribution in [0.5, 0.6) is 0 Å². The molecule has 0 saturated heterocycles. The van der Waals surface area contributed by atoms with Gasteiger partial charge in [0, 0.05) is 44.3 Å². The molecule has 2 aromatic heterocycles. The van der Waals surface area contributed by atoms with E-state index in [1.165, 1.54) is 37.8 Å². The molecule has 55 heavy (non-hydrogen) atoms. The van der Waals surface area contributed by atoms with Crippen LogP contribution in [0.3, 0.4) is 0 Å². The van der Waals surface area contributed by atoms with E-state index in [2.05, 4.69) is 173 Å². The van der Waals surface area contributed by atoms with E-state index in [0.717, 1.165) is 56.1 Å². The lowest BCUT2D eigenvalue weighted by atomic mass is 9.99. The number of aromatic nitrogens is 2. The first-order valence-corrected chi connectivity index (χ1v) is 18.6. The van der Waals surface area contributed by atoms with Crippen molar-refractivity contribution in [3.63, 3.8) is 0 Å². The van der Waals surface area contributed by atoms with Gasteiger partial charge in [-0.2, -0.15) is 0 Å². The monoisotopic (exact) mass is 703 g/mol. The topological polar surface area (TPSA) is 34.2 Å². The third kappa shape index (κ3) is 5.11. The summed E-state index contributed by atoms with van der Waals surface area (Å²) in [6, 6.07) is 71.1. The lowest BCUT2D eigenvalue weighted by Gasteiger charge is -2.28. The first kappa shape index (κ1) is 31.1. The molecule has 0 unspecified atom stereocenters. The molecular weight excluding hydrogens is 671 g/mol. The van der Waals surface area contributed by atoms with Crippen molar-refractivity contribution in [3.8, 4) is 28.3 Å². The van der Waals surface area contributed by atoms with E-state index < -0.39 is 0 Å². The number of fused-ring (bicyclic) bond motifs is 7. The Kier molecular flexibility index (Phi) is 7.14. The first-order valence-electron chi connectivity index (χ1n) is 18.6. The largest absolute Gasteiger partial charge is 0.435 e. The molecule has 0 bridgehead atoms. The fourth-order valence-corrected chi connectivity index (χ4v) is 8.26. The zero-order valence-corrected chi connectivity index (χ0v) is 29.8. The summed E-state index contributed by atoms with van der Waals surface area (Å²) in [5.41, 5.74) is 11.4. The second-order valence-corrected chi connectivity index (χ2v) is 14.0. The van der Waals surface area contributed by atoms with Crippen molar-refractivity contribution in [1.82, 2.24) is 9.55 Å². The molecule has 4 heteroatoms. The van der Waals surface area contributed by atoms with Gasteiger partial charge in [-0.15, -0.1) is 0 Å². The molecule has 9 aromatic carbocycles. The van der Waals surface area contributed by atoms with Crippen LogP contribution < -0.4 is 4.90 Å². The van der Waals surface area contributed by atoms with Crippen molar-refractivity contribution in [3.05, 3.63) is 200 Å². The summed E-state index contributed by atoms with van der Waals surface area (Å²) >= 11 is 0. The van der Waals surface area contributed by atoms with Crippen LogP contribution in [0.15, 0.2) is 205 Å². The van der Waals surface area contributed by atoms with Crippen molar-refractivity contribution < 1.29 is 4.42 Å². The molecule has 0 amide bonds. The van der Waals surface area contributed by atoms with Crippen molar-refractivity contribution in [2.45, 2.75) is 0 Å². The number of nitrogens with zero attached hydrogens (tertiary/aromatic N) is 3. The summed E-state index contributed by atoms with van der Waals surface area (Å²) in [7, 11) is 0. The molecule has 0 saturated carbocycles. The number of anilines is 3. The van der Waals surface area contributed by atoms with Gasteiger partial charge in [0.25, 0.3) is 0 Å². The van der Waals surface area contributed by atoms with Gasteiger partial charge in [0.1, 0.15) is 5.52 Å². The van der Waals surface area contributed by atoms with Gasteiger partial charge in [0.2, 0.25) is 5.89 Å². The van der Waals surface area contributed by atoms with Crippen LogP contribution in [-0.4, -0.2) is 9.55 Å². The zero-order chi connectivity index (χ0) is 36.3. The highest BCUT2D eigenvalue weighted by atomic mass is 16.3. The van der Waals surface area contributed by atoms with Gasteiger partial charge in [-0.1, -0.05) is 133 Å². The molecule has 0 fully saturated rings. The lowest BCUT2D eigenvalue weighted by Crippen LogP contribution is -2.11. The smallest absolute Gasteiger partial charge is 0.227 e. The average molecular weight is 704 g/mol. The quantitative estimate of drug-likeness (QED) is 0.173. The van der Waals surface area contributed by atoms with Gasteiger partial charge < -0.3 is 13.9 Å². The van der Waals surface area contributed by atoms with Crippen LogP contribution in [0.1, 0.15) is 0 Å². The molecule has 4 nitrogen and oxygen atoms in total. The molecular formula is C51H33N3O. The SMILES string of the molecule is c1ccc(-c2nc3cccc(-c4ccc(N(c5ccc6ccccc6c5)c5cc6c(c7ccccc57)c5ccccc5n6-c5ccccc5)cc4)c3o2)cc1. The molecule has 0 aliphatic rings. The summed E-state index contributed by atoms with van der Waals surface area (Å²) in [6.45, 7) is 0. The van der Waals surface area contributed by atoms with Crippen molar-refractivity contribution >= 4 is 71.5 Å². The lowest BCUT2D eigenvalue weighted by molar-refractivity contribution is 0.621. The standard InChI is InChI=1S/C51H33N3O/c1-3-15-36(16-4-1)51-52-45-24-13-23-41(50(45)55-51)35-27-29-39(30-28-35)53(40-31-26-34-14-7-8-17-37(34)32-40)47-33-48-49(43-21-10-9-20-42(43)47)44-22-11-12-25-46(44)54(48)38-18-5-2-6-19-38/h1-33H. The van der Waals surface area contributed by atoms with E-state index in [0.29, 0.717) is 5.89 Å². The van der Waals surface area contributed by atoms with Gasteiger partial charge >= 0.3 is 0 Å². The summed E-state index contributed by atoms with van der Waals surface area (Å²) in [4.78, 5) is 7.25. The molecule has 2 heterocycles. The van der Waals surface area contributed by atoms with Gasteiger partial charge in [0.05, 0.1) is 16.7 Å². The van der Waals surface area contributed by atoms with Crippen LogP contribution in [-0.2, 0) is 0 Å². The number of para-hydroxylation sites is 3. The third-order valence-electron chi connectivity index (χ3n) is 10.8. The Morgan fingerprint density at radius 1 is 0.455 bits per heavy atom. The minimum atomic E-state index is 0.623. The molecule has 0 spiro atoms. The van der Waals surface area contributed by atoms with E-state index in [1.54, 1.807) is 0 Å². The summed E-state index contributed by atoms with van der Waals surface area (Å²) < 4.78 is 8.84. The average Bonchev–Trinajstić information content (AvgIpc) is 3.85. The van der Waals surface area contributed by atoms with Crippen LogP contribution in [0, 0.1) is 0 Å². The Labute approximate surface area is 317 Å². The Hall–Kier alpha value is -7.43. The highest BCUT2D eigenvalue weighted by Gasteiger charge is 2.22. The Morgan fingerprint density at radius 2 is 1.13 bits per heavy atom. The highest BCUT2D eigenvalue weighted by Crippen LogP contribution is 2.46. The molecule has 0 aliphatic heterocycles. The minimum absolute atomic E-state index is 0.623. The van der Waals surface area contributed by atoms with Crippen LogP contribution in [0.4, 0.5) is 17.1 Å². The Bertz CT molecular complexity index is 3200. The molecule has 0 radical (unpaired) electrons. The predicted molar refractivity (Wildman–Crippen MR) is 229 cm³/mol. The summed E-state index contributed by atoms with van der Waals surface area (Å²) in [6.07, 6.45) is 0. The fraction of sp³-hybridized carbons (Fsp3) is 0. The van der Waals surface area contributed by atoms with Crippen molar-refractivity contribution in [2.75, 3.05) is 4.90 Å². The van der Waals surface area contributed by atoms with E-state index in [4.69, 9.17) is 9.40 Å². The van der Waals surface area contributed by atoms with Crippen LogP contribution in [0.2, 0.25) is 0 Å². The maximum Gasteiger partial charge on any atom is 0.227 e. The number of benzene rings is 9. The van der Waals surface area contributed by atoms with Gasteiger partial charge in [-0.25, -0.2) is 4.98 Å². The number of hydrogen-bond donors (Lipinski definition) is 0. The second kappa shape index (κ2) is 12.6. The molecule has 11 rings (SSSR count). The third-order valence-corrected chi connectivity index (χ3v) is 10.8. The van der Waals surface area contributed by atoms with E-state index in [9.17, 15) is 0 Å². The maximum atomic E-state index is 6.43. The molecule has 0 aliphatic carbocycles. The van der Waals surface area contributed by atoms with Crippen LogP contribution >= 0.6 is 0 Å². The highest BCUT2D eigenvalue weighted by molar-refractivity contribution is 6.24.